The number of anilines is 2. The Bertz CT molecular complexity index is 1060. The lowest BCUT2D eigenvalue weighted by molar-refractivity contribution is 0.102. The molecule has 0 unspecified atom stereocenters. The van der Waals surface area contributed by atoms with Crippen LogP contribution >= 0.6 is 11.6 Å². The molecule has 0 saturated carbocycles. The summed E-state index contributed by atoms with van der Waals surface area (Å²) in [5.41, 5.74) is 2.42. The van der Waals surface area contributed by atoms with Crippen LogP contribution in [0.25, 0.3) is 0 Å². The largest absolute Gasteiger partial charge is 0.322 e. The van der Waals surface area contributed by atoms with Crippen molar-refractivity contribution < 1.29 is 13.2 Å². The van der Waals surface area contributed by atoms with Crippen LogP contribution in [0.15, 0.2) is 77.7 Å². The van der Waals surface area contributed by atoms with Gasteiger partial charge in [0.2, 0.25) is 0 Å². The number of amides is 1. The Balaban J connectivity index is 1.75. The van der Waals surface area contributed by atoms with E-state index in [1.807, 2.05) is 31.2 Å². The first-order valence-electron chi connectivity index (χ1n) is 8.10. The third kappa shape index (κ3) is 4.67. The van der Waals surface area contributed by atoms with Gasteiger partial charge in [0.1, 0.15) is 0 Å². The van der Waals surface area contributed by atoms with Crippen molar-refractivity contribution in [1.82, 2.24) is 0 Å². The molecule has 0 aliphatic carbocycles. The van der Waals surface area contributed by atoms with E-state index in [9.17, 15) is 13.2 Å². The number of para-hydroxylation sites is 1. The zero-order valence-corrected chi connectivity index (χ0v) is 16.0. The summed E-state index contributed by atoms with van der Waals surface area (Å²) in [6.45, 7) is 1.90. The minimum Gasteiger partial charge on any atom is -0.322 e. The average Bonchev–Trinajstić information content (AvgIpc) is 2.65. The smallest absolute Gasteiger partial charge is 0.261 e. The number of halogens is 1. The zero-order chi connectivity index (χ0) is 19.4. The van der Waals surface area contributed by atoms with Crippen LogP contribution in [0.5, 0.6) is 0 Å². The number of carbonyl (C=O) groups is 1. The lowest BCUT2D eigenvalue weighted by Gasteiger charge is -2.10. The van der Waals surface area contributed by atoms with Crippen molar-refractivity contribution in [2.45, 2.75) is 11.8 Å². The van der Waals surface area contributed by atoms with Crippen LogP contribution in [-0.4, -0.2) is 14.3 Å². The van der Waals surface area contributed by atoms with Crippen LogP contribution in [0.3, 0.4) is 0 Å². The van der Waals surface area contributed by atoms with Gasteiger partial charge in [0.25, 0.3) is 15.9 Å². The highest BCUT2D eigenvalue weighted by atomic mass is 35.5. The van der Waals surface area contributed by atoms with Crippen LogP contribution in [0, 0.1) is 6.92 Å². The van der Waals surface area contributed by atoms with Gasteiger partial charge in [0.15, 0.2) is 0 Å². The highest BCUT2D eigenvalue weighted by molar-refractivity contribution is 7.92. The van der Waals surface area contributed by atoms with E-state index in [1.165, 1.54) is 24.3 Å². The lowest BCUT2D eigenvalue weighted by Crippen LogP contribution is -2.15. The molecule has 0 fully saturated rings. The molecule has 138 valence electrons. The molecule has 0 aliphatic heterocycles. The van der Waals surface area contributed by atoms with Gasteiger partial charge in [-0.15, -0.1) is 0 Å². The van der Waals surface area contributed by atoms with Gasteiger partial charge in [-0.05, 0) is 67.1 Å². The molecule has 3 aromatic carbocycles. The number of hydrogen-bond acceptors (Lipinski definition) is 3. The van der Waals surface area contributed by atoms with Crippen LogP contribution in [-0.2, 0) is 10.0 Å². The molecule has 0 aromatic heterocycles. The summed E-state index contributed by atoms with van der Waals surface area (Å²) in [5, 5.41) is 3.33. The van der Waals surface area contributed by atoms with E-state index in [2.05, 4.69) is 10.0 Å². The van der Waals surface area contributed by atoms with Gasteiger partial charge >= 0.3 is 0 Å². The monoisotopic (exact) mass is 400 g/mol. The van der Waals surface area contributed by atoms with Gasteiger partial charge < -0.3 is 5.32 Å². The maximum Gasteiger partial charge on any atom is 0.261 e. The van der Waals surface area contributed by atoms with Gasteiger partial charge in [0, 0.05) is 22.0 Å². The van der Waals surface area contributed by atoms with Crippen molar-refractivity contribution in [2.75, 3.05) is 10.0 Å². The van der Waals surface area contributed by atoms with E-state index in [0.717, 1.165) is 5.56 Å². The minimum atomic E-state index is -3.76. The highest BCUT2D eigenvalue weighted by Gasteiger charge is 2.15. The van der Waals surface area contributed by atoms with E-state index in [-0.39, 0.29) is 10.8 Å². The molecule has 3 aromatic rings. The fourth-order valence-corrected chi connectivity index (χ4v) is 3.61. The predicted molar refractivity (Wildman–Crippen MR) is 108 cm³/mol. The van der Waals surface area contributed by atoms with Crippen LogP contribution in [0.1, 0.15) is 15.9 Å². The molecule has 0 bridgehead atoms. The lowest BCUT2D eigenvalue weighted by atomic mass is 10.1. The van der Waals surface area contributed by atoms with Gasteiger partial charge in [-0.2, -0.15) is 0 Å². The molecule has 3 rings (SSSR count). The SMILES string of the molecule is Cc1ccccc1NC(=O)c1ccc(S(=O)(=O)Nc2ccc(Cl)cc2)cc1. The summed E-state index contributed by atoms with van der Waals surface area (Å²) in [6.07, 6.45) is 0. The molecule has 27 heavy (non-hydrogen) atoms. The van der Waals surface area contributed by atoms with E-state index in [4.69, 9.17) is 11.6 Å². The molecule has 7 heteroatoms. The van der Waals surface area contributed by atoms with Crippen molar-refractivity contribution in [1.29, 1.82) is 0 Å². The summed E-state index contributed by atoms with van der Waals surface area (Å²) >= 11 is 5.80. The molecule has 0 heterocycles. The number of carbonyl (C=O) groups excluding carboxylic acids is 1. The van der Waals surface area contributed by atoms with E-state index < -0.39 is 10.0 Å². The molecule has 5 nitrogen and oxygen atoms in total. The number of sulfonamides is 1. The summed E-state index contributed by atoms with van der Waals surface area (Å²) in [6, 6.07) is 19.5. The Labute approximate surface area is 163 Å². The van der Waals surface area contributed by atoms with Crippen molar-refractivity contribution in [3.63, 3.8) is 0 Å². The van der Waals surface area contributed by atoms with Crippen LogP contribution < -0.4 is 10.0 Å². The Morgan fingerprint density at radius 3 is 2.15 bits per heavy atom. The molecular weight excluding hydrogens is 384 g/mol. The summed E-state index contributed by atoms with van der Waals surface area (Å²) < 4.78 is 27.4. The Morgan fingerprint density at radius 1 is 0.889 bits per heavy atom. The number of hydrogen-bond donors (Lipinski definition) is 2. The fourth-order valence-electron chi connectivity index (χ4n) is 2.43. The van der Waals surface area contributed by atoms with Crippen molar-refractivity contribution in [3.8, 4) is 0 Å². The molecule has 0 radical (unpaired) electrons. The average molecular weight is 401 g/mol. The molecule has 0 spiro atoms. The van der Waals surface area contributed by atoms with Gasteiger partial charge in [-0.3, -0.25) is 9.52 Å². The molecule has 2 N–H and O–H groups in total. The number of rotatable bonds is 5. The quantitative estimate of drug-likeness (QED) is 0.651. The van der Waals surface area contributed by atoms with E-state index >= 15 is 0 Å². The summed E-state index contributed by atoms with van der Waals surface area (Å²) in [4.78, 5) is 12.4. The topological polar surface area (TPSA) is 75.3 Å². The molecule has 0 atom stereocenters. The Hall–Kier alpha value is -2.83. The second-order valence-electron chi connectivity index (χ2n) is 5.91. The molecular formula is C20H17ClN2O3S. The van der Waals surface area contributed by atoms with Gasteiger partial charge in [-0.1, -0.05) is 29.8 Å². The third-order valence-corrected chi connectivity index (χ3v) is 5.57. The standard InChI is InChI=1S/C20H17ClN2O3S/c1-14-4-2-3-5-19(14)22-20(24)15-6-12-18(13-7-15)27(25,26)23-17-10-8-16(21)9-11-17/h2-13,23H,1H3,(H,22,24). The van der Waals surface area contributed by atoms with Crippen molar-refractivity contribution >= 4 is 38.9 Å². The number of benzene rings is 3. The van der Waals surface area contributed by atoms with Crippen LogP contribution in [0.4, 0.5) is 11.4 Å². The zero-order valence-electron chi connectivity index (χ0n) is 14.4. The predicted octanol–water partition coefficient (Wildman–Crippen LogP) is 4.70. The first-order valence-corrected chi connectivity index (χ1v) is 9.97. The minimum absolute atomic E-state index is 0.0601. The molecule has 0 saturated heterocycles. The van der Waals surface area contributed by atoms with Crippen molar-refractivity contribution in [3.05, 3.63) is 88.9 Å². The third-order valence-electron chi connectivity index (χ3n) is 3.92. The highest BCUT2D eigenvalue weighted by Crippen LogP contribution is 2.20. The number of nitrogens with one attached hydrogen (secondary N) is 2. The molecule has 1 amide bonds. The first kappa shape index (κ1) is 18.9. The summed E-state index contributed by atoms with van der Waals surface area (Å²) in [7, 11) is -3.76. The van der Waals surface area contributed by atoms with Crippen molar-refractivity contribution in [2.24, 2.45) is 0 Å². The van der Waals surface area contributed by atoms with Crippen LogP contribution in [0.2, 0.25) is 5.02 Å². The van der Waals surface area contributed by atoms with Gasteiger partial charge in [0.05, 0.1) is 4.90 Å². The van der Waals surface area contributed by atoms with E-state index in [0.29, 0.717) is 22.0 Å². The second-order valence-corrected chi connectivity index (χ2v) is 8.02. The maximum atomic E-state index is 12.5. The fraction of sp³-hybridized carbons (Fsp3) is 0.0500. The molecule has 0 aliphatic rings. The van der Waals surface area contributed by atoms with E-state index in [1.54, 1.807) is 24.3 Å². The first-order chi connectivity index (χ1) is 12.8. The Morgan fingerprint density at radius 2 is 1.52 bits per heavy atom. The number of aryl methyl sites for hydroxylation is 1. The van der Waals surface area contributed by atoms with Gasteiger partial charge in [-0.25, -0.2) is 8.42 Å². The normalized spacial score (nSPS) is 11.0. The maximum absolute atomic E-state index is 12.5. The summed E-state index contributed by atoms with van der Waals surface area (Å²) in [5.74, 6) is -0.307. The Kier molecular flexibility index (Phi) is 5.48. The second kappa shape index (κ2) is 7.82.